The van der Waals surface area contributed by atoms with Gasteiger partial charge in [-0.3, -0.25) is 4.79 Å². The largest absolute Gasteiger partial charge is 0.373 e. The van der Waals surface area contributed by atoms with Crippen molar-refractivity contribution >= 4 is 17.5 Å². The Morgan fingerprint density at radius 1 is 1.35 bits per heavy atom. The van der Waals surface area contributed by atoms with Gasteiger partial charge >= 0.3 is 0 Å². The summed E-state index contributed by atoms with van der Waals surface area (Å²) in [7, 11) is 1.85. The Balaban J connectivity index is 1.29. The van der Waals surface area contributed by atoms with Crippen molar-refractivity contribution in [3.8, 4) is 0 Å². The first-order chi connectivity index (χ1) is 12.7. The molecule has 2 aromatic rings. The van der Waals surface area contributed by atoms with Crippen LogP contribution in [-0.2, 0) is 4.79 Å². The molecular formula is C18H25N7O. The van der Waals surface area contributed by atoms with Gasteiger partial charge in [0, 0.05) is 56.6 Å². The molecule has 1 atom stereocenters. The van der Waals surface area contributed by atoms with Gasteiger partial charge < -0.3 is 20.1 Å². The van der Waals surface area contributed by atoms with Crippen LogP contribution < -0.4 is 15.5 Å². The van der Waals surface area contributed by atoms with Gasteiger partial charge in [-0.25, -0.2) is 15.0 Å². The fourth-order valence-electron chi connectivity index (χ4n) is 3.88. The lowest BCUT2D eigenvalue weighted by molar-refractivity contribution is -0.128. The summed E-state index contributed by atoms with van der Waals surface area (Å²) in [5, 5.41) is 6.20. The molecule has 1 aliphatic heterocycles. The lowest BCUT2D eigenvalue weighted by atomic mass is 9.79. The lowest BCUT2D eigenvalue weighted by Gasteiger charge is -2.35. The molecule has 0 aromatic carbocycles. The summed E-state index contributed by atoms with van der Waals surface area (Å²) in [6, 6.07) is 2.67. The minimum atomic E-state index is 0.118. The highest BCUT2D eigenvalue weighted by molar-refractivity contribution is 5.79. The van der Waals surface area contributed by atoms with E-state index in [-0.39, 0.29) is 11.8 Å². The van der Waals surface area contributed by atoms with Crippen LogP contribution in [0.3, 0.4) is 0 Å². The van der Waals surface area contributed by atoms with Gasteiger partial charge in [0.25, 0.3) is 0 Å². The number of carbonyl (C=O) groups is 1. The number of anilines is 2. The van der Waals surface area contributed by atoms with Gasteiger partial charge in [0.2, 0.25) is 5.91 Å². The molecule has 8 nitrogen and oxygen atoms in total. The summed E-state index contributed by atoms with van der Waals surface area (Å²) < 4.78 is 2.09. The molecule has 0 bridgehead atoms. The third kappa shape index (κ3) is 3.36. The Labute approximate surface area is 153 Å². The third-order valence-corrected chi connectivity index (χ3v) is 5.52. The molecule has 1 saturated heterocycles. The smallest absolute Gasteiger partial charge is 0.223 e. The number of hydrogen-bond acceptors (Lipinski definition) is 6. The van der Waals surface area contributed by atoms with E-state index in [1.54, 1.807) is 12.5 Å². The van der Waals surface area contributed by atoms with Crippen molar-refractivity contribution in [2.75, 3.05) is 30.4 Å². The van der Waals surface area contributed by atoms with Crippen LogP contribution in [0.4, 0.5) is 11.6 Å². The second-order valence-electron chi connectivity index (χ2n) is 7.08. The Kier molecular flexibility index (Phi) is 4.73. The van der Waals surface area contributed by atoms with Crippen molar-refractivity contribution in [1.82, 2.24) is 24.8 Å². The van der Waals surface area contributed by atoms with Crippen molar-refractivity contribution in [3.63, 3.8) is 0 Å². The molecule has 138 valence electrons. The van der Waals surface area contributed by atoms with Crippen LogP contribution in [0.2, 0.25) is 0 Å². The minimum Gasteiger partial charge on any atom is -0.373 e. The summed E-state index contributed by atoms with van der Waals surface area (Å²) in [5.41, 5.74) is 0. The number of hydrogen-bond donors (Lipinski definition) is 2. The number of carbonyl (C=O) groups excluding carboxylic acids is 1. The first kappa shape index (κ1) is 16.8. The summed E-state index contributed by atoms with van der Waals surface area (Å²) in [6.07, 6.45) is 11.1. The van der Waals surface area contributed by atoms with E-state index in [0.717, 1.165) is 43.9 Å². The van der Waals surface area contributed by atoms with Crippen LogP contribution >= 0.6 is 0 Å². The van der Waals surface area contributed by atoms with Gasteiger partial charge in [0.1, 0.15) is 18.0 Å². The zero-order chi connectivity index (χ0) is 17.9. The van der Waals surface area contributed by atoms with Crippen molar-refractivity contribution in [2.45, 2.75) is 37.8 Å². The summed E-state index contributed by atoms with van der Waals surface area (Å²) >= 11 is 0. The number of amides is 1. The van der Waals surface area contributed by atoms with Crippen LogP contribution in [0.1, 0.15) is 31.7 Å². The fraction of sp³-hybridized carbons (Fsp3) is 0.556. The van der Waals surface area contributed by atoms with Crippen LogP contribution in [0.15, 0.2) is 31.1 Å². The summed E-state index contributed by atoms with van der Waals surface area (Å²) in [4.78, 5) is 27.4. The minimum absolute atomic E-state index is 0.118. The lowest BCUT2D eigenvalue weighted by Crippen LogP contribution is -2.45. The number of imidazole rings is 1. The second kappa shape index (κ2) is 7.31. The van der Waals surface area contributed by atoms with E-state index in [0.29, 0.717) is 18.6 Å². The molecule has 4 rings (SSSR count). The van der Waals surface area contributed by atoms with Crippen LogP contribution in [0.25, 0.3) is 0 Å². The second-order valence-corrected chi connectivity index (χ2v) is 7.08. The molecule has 2 aromatic heterocycles. The average molecular weight is 355 g/mol. The predicted octanol–water partition coefficient (Wildman–Crippen LogP) is 1.45. The quantitative estimate of drug-likeness (QED) is 0.815. The fourth-order valence-corrected chi connectivity index (χ4v) is 3.88. The number of nitrogens with one attached hydrogen (secondary N) is 2. The molecule has 26 heavy (non-hydrogen) atoms. The van der Waals surface area contributed by atoms with E-state index in [1.807, 2.05) is 25.6 Å². The number of nitrogens with zero attached hydrogens (tertiary/aromatic N) is 5. The predicted molar refractivity (Wildman–Crippen MR) is 98.9 cm³/mol. The van der Waals surface area contributed by atoms with Crippen molar-refractivity contribution in [1.29, 1.82) is 0 Å². The molecular weight excluding hydrogens is 330 g/mol. The topological polar surface area (TPSA) is 88.0 Å². The first-order valence-electron chi connectivity index (χ1n) is 9.26. The van der Waals surface area contributed by atoms with Crippen molar-refractivity contribution < 1.29 is 4.79 Å². The molecule has 2 fully saturated rings. The van der Waals surface area contributed by atoms with Crippen LogP contribution in [-0.4, -0.2) is 51.6 Å². The van der Waals surface area contributed by atoms with Gasteiger partial charge in [-0.15, -0.1) is 0 Å². The number of aromatic nitrogens is 4. The zero-order valence-corrected chi connectivity index (χ0v) is 15.0. The van der Waals surface area contributed by atoms with Crippen molar-refractivity contribution in [3.05, 3.63) is 31.1 Å². The molecule has 8 heteroatoms. The molecule has 2 N–H and O–H groups in total. The SMILES string of the molecule is CNc1cc(N2CCCC2CNC(=O)C2CC(n3ccnc3)C2)ncn1. The van der Waals surface area contributed by atoms with E-state index in [4.69, 9.17) is 0 Å². The van der Waals surface area contributed by atoms with Crippen LogP contribution in [0.5, 0.6) is 0 Å². The number of rotatable bonds is 6. The molecule has 0 spiro atoms. The molecule has 1 aliphatic carbocycles. The Morgan fingerprint density at radius 3 is 3.00 bits per heavy atom. The molecule has 1 amide bonds. The van der Waals surface area contributed by atoms with E-state index in [1.165, 1.54) is 0 Å². The third-order valence-electron chi connectivity index (χ3n) is 5.52. The van der Waals surface area contributed by atoms with Gasteiger partial charge in [-0.1, -0.05) is 0 Å². The highest BCUT2D eigenvalue weighted by Crippen LogP contribution is 2.37. The maximum absolute atomic E-state index is 12.5. The highest BCUT2D eigenvalue weighted by atomic mass is 16.1. The van der Waals surface area contributed by atoms with Crippen molar-refractivity contribution in [2.24, 2.45) is 5.92 Å². The Bertz CT molecular complexity index is 742. The van der Waals surface area contributed by atoms with Gasteiger partial charge in [-0.2, -0.15) is 0 Å². The Hall–Kier alpha value is -2.64. The Morgan fingerprint density at radius 2 is 2.23 bits per heavy atom. The van der Waals surface area contributed by atoms with E-state index < -0.39 is 0 Å². The van der Waals surface area contributed by atoms with Gasteiger partial charge in [-0.05, 0) is 25.7 Å². The van der Waals surface area contributed by atoms with Crippen LogP contribution in [0, 0.1) is 5.92 Å². The summed E-state index contributed by atoms with van der Waals surface area (Å²) in [6.45, 7) is 1.64. The zero-order valence-electron chi connectivity index (χ0n) is 15.0. The van der Waals surface area contributed by atoms with Gasteiger partial charge in [0.05, 0.1) is 6.33 Å². The molecule has 2 aliphatic rings. The first-order valence-corrected chi connectivity index (χ1v) is 9.26. The van der Waals surface area contributed by atoms with E-state index in [2.05, 4.69) is 35.1 Å². The monoisotopic (exact) mass is 355 g/mol. The van der Waals surface area contributed by atoms with Gasteiger partial charge in [0.15, 0.2) is 0 Å². The molecule has 0 radical (unpaired) electrons. The van der Waals surface area contributed by atoms with E-state index >= 15 is 0 Å². The molecule has 3 heterocycles. The summed E-state index contributed by atoms with van der Waals surface area (Å²) in [5.74, 6) is 2.02. The maximum atomic E-state index is 12.5. The average Bonchev–Trinajstić information content (AvgIpc) is 3.30. The molecule has 1 unspecified atom stereocenters. The highest BCUT2D eigenvalue weighted by Gasteiger charge is 2.36. The van der Waals surface area contributed by atoms with E-state index in [9.17, 15) is 4.79 Å². The molecule has 1 saturated carbocycles. The normalized spacial score (nSPS) is 25.0. The standard InChI is InChI=1S/C18H25N7O/c1-19-16-9-17(23-11-22-16)25-5-2-3-14(25)10-21-18(26)13-7-15(8-13)24-6-4-20-12-24/h4,6,9,11-15H,2-3,5,7-8,10H2,1H3,(H,21,26)(H,19,22,23). The maximum Gasteiger partial charge on any atom is 0.223 e.